The Morgan fingerprint density at radius 3 is 3.12 bits per heavy atom. The highest BCUT2D eigenvalue weighted by Crippen LogP contribution is 2.32. The number of ether oxygens (including phenoxy) is 1. The summed E-state index contributed by atoms with van der Waals surface area (Å²) in [6.07, 6.45) is 0.912. The van der Waals surface area contributed by atoms with Crippen LogP contribution in [0, 0.1) is 0 Å². The Balaban J connectivity index is 2.17. The Morgan fingerprint density at radius 1 is 1.53 bits per heavy atom. The molecule has 0 saturated carbocycles. The van der Waals surface area contributed by atoms with Crippen molar-refractivity contribution < 1.29 is 9.53 Å². The number of benzene rings is 1. The van der Waals surface area contributed by atoms with Crippen molar-refractivity contribution in [3.63, 3.8) is 0 Å². The number of rotatable bonds is 4. The van der Waals surface area contributed by atoms with Crippen molar-refractivity contribution in [3.8, 4) is 0 Å². The van der Waals surface area contributed by atoms with Crippen molar-refractivity contribution in [2.45, 2.75) is 6.42 Å². The van der Waals surface area contributed by atoms with Gasteiger partial charge in [0.2, 0.25) is 5.91 Å². The van der Waals surface area contributed by atoms with Crippen molar-refractivity contribution in [2.24, 2.45) is 0 Å². The largest absolute Gasteiger partial charge is 0.385 e. The lowest BCUT2D eigenvalue weighted by Crippen LogP contribution is -2.39. The highest BCUT2D eigenvalue weighted by molar-refractivity contribution is 9.10. The number of fused-ring (bicyclic) bond motifs is 1. The number of methoxy groups -OCH3 is 1. The molecule has 17 heavy (non-hydrogen) atoms. The van der Waals surface area contributed by atoms with E-state index in [1.165, 1.54) is 0 Å². The number of anilines is 2. The molecule has 92 valence electrons. The molecule has 1 aliphatic heterocycles. The molecule has 5 heteroatoms. The van der Waals surface area contributed by atoms with Crippen molar-refractivity contribution in [1.82, 2.24) is 0 Å². The summed E-state index contributed by atoms with van der Waals surface area (Å²) in [6.45, 7) is 1.94. The number of amides is 1. The van der Waals surface area contributed by atoms with Gasteiger partial charge in [-0.25, -0.2) is 0 Å². The Bertz CT molecular complexity index is 423. The van der Waals surface area contributed by atoms with Crippen LogP contribution in [0.15, 0.2) is 22.7 Å². The Labute approximate surface area is 109 Å². The summed E-state index contributed by atoms with van der Waals surface area (Å²) in [6, 6.07) is 5.87. The maximum absolute atomic E-state index is 11.6. The van der Waals surface area contributed by atoms with E-state index >= 15 is 0 Å². The van der Waals surface area contributed by atoms with Gasteiger partial charge in [-0.15, -0.1) is 0 Å². The van der Waals surface area contributed by atoms with E-state index in [2.05, 4.69) is 26.1 Å². The predicted octanol–water partition coefficient (Wildman–Crippen LogP) is 2.24. The predicted molar refractivity (Wildman–Crippen MR) is 71.5 cm³/mol. The monoisotopic (exact) mass is 298 g/mol. The number of hydrogen-bond acceptors (Lipinski definition) is 3. The summed E-state index contributed by atoms with van der Waals surface area (Å²) >= 11 is 3.45. The minimum Gasteiger partial charge on any atom is -0.385 e. The number of nitrogens with zero attached hydrogens (tertiary/aromatic N) is 1. The molecule has 1 aliphatic rings. The third kappa shape index (κ3) is 2.98. The van der Waals surface area contributed by atoms with E-state index in [0.29, 0.717) is 13.2 Å². The van der Waals surface area contributed by atoms with Crippen molar-refractivity contribution >= 4 is 33.2 Å². The second-order valence-corrected chi connectivity index (χ2v) is 4.89. The van der Waals surface area contributed by atoms with Crippen LogP contribution in [0.5, 0.6) is 0 Å². The lowest BCUT2D eigenvalue weighted by molar-refractivity contribution is -0.115. The van der Waals surface area contributed by atoms with Gasteiger partial charge in [-0.1, -0.05) is 15.9 Å². The fraction of sp³-hybridized carbons (Fsp3) is 0.417. The van der Waals surface area contributed by atoms with Crippen LogP contribution in [-0.2, 0) is 9.53 Å². The van der Waals surface area contributed by atoms with Gasteiger partial charge in [0.15, 0.2) is 0 Å². The molecule has 1 heterocycles. The van der Waals surface area contributed by atoms with Gasteiger partial charge >= 0.3 is 0 Å². The van der Waals surface area contributed by atoms with Crippen LogP contribution >= 0.6 is 15.9 Å². The van der Waals surface area contributed by atoms with Crippen LogP contribution in [-0.4, -0.2) is 32.7 Å². The first-order valence-corrected chi connectivity index (χ1v) is 6.33. The van der Waals surface area contributed by atoms with Gasteiger partial charge in [0, 0.05) is 24.7 Å². The van der Waals surface area contributed by atoms with Gasteiger partial charge in [0.25, 0.3) is 0 Å². The summed E-state index contributed by atoms with van der Waals surface area (Å²) in [5.41, 5.74) is 1.94. The van der Waals surface area contributed by atoms with Gasteiger partial charge in [0.05, 0.1) is 17.9 Å². The summed E-state index contributed by atoms with van der Waals surface area (Å²) < 4.78 is 6.05. The van der Waals surface area contributed by atoms with E-state index in [1.807, 2.05) is 18.2 Å². The van der Waals surface area contributed by atoms with E-state index in [9.17, 15) is 4.79 Å². The van der Waals surface area contributed by atoms with Gasteiger partial charge in [-0.2, -0.15) is 0 Å². The van der Waals surface area contributed by atoms with Gasteiger partial charge in [-0.05, 0) is 24.6 Å². The van der Waals surface area contributed by atoms with E-state index in [1.54, 1.807) is 7.11 Å². The Morgan fingerprint density at radius 2 is 2.35 bits per heavy atom. The zero-order valence-electron chi connectivity index (χ0n) is 9.70. The average Bonchev–Trinajstić information content (AvgIpc) is 2.30. The number of carbonyl (C=O) groups is 1. The highest BCUT2D eigenvalue weighted by atomic mass is 79.9. The molecule has 1 N–H and O–H groups in total. The van der Waals surface area contributed by atoms with Crippen LogP contribution in [0.4, 0.5) is 11.4 Å². The molecule has 0 bridgehead atoms. The molecule has 0 atom stereocenters. The van der Waals surface area contributed by atoms with Gasteiger partial charge < -0.3 is 15.0 Å². The quantitative estimate of drug-likeness (QED) is 0.867. The molecule has 0 unspecified atom stereocenters. The van der Waals surface area contributed by atoms with Crippen LogP contribution in [0.25, 0.3) is 0 Å². The first-order valence-electron chi connectivity index (χ1n) is 5.54. The molecule has 0 saturated heterocycles. The summed E-state index contributed by atoms with van der Waals surface area (Å²) in [5, 5.41) is 2.87. The first kappa shape index (κ1) is 12.4. The Kier molecular flexibility index (Phi) is 4.02. The molecule has 0 aliphatic carbocycles. The number of carbonyl (C=O) groups excluding carboxylic acids is 1. The highest BCUT2D eigenvalue weighted by Gasteiger charge is 2.21. The molecular formula is C12H15BrN2O2. The minimum absolute atomic E-state index is 0.0391. The van der Waals surface area contributed by atoms with Crippen LogP contribution in [0.2, 0.25) is 0 Å². The third-order valence-corrected chi connectivity index (χ3v) is 3.18. The topological polar surface area (TPSA) is 41.6 Å². The molecule has 0 radical (unpaired) electrons. The standard InChI is InChI=1S/C12H15BrN2O2/c1-17-6-2-5-15-8-12(16)14-10-4-3-9(13)7-11(10)15/h3-4,7H,2,5-6,8H2,1H3,(H,14,16). The fourth-order valence-corrected chi connectivity index (χ4v) is 2.27. The summed E-state index contributed by atoms with van der Waals surface area (Å²) in [4.78, 5) is 13.6. The minimum atomic E-state index is 0.0391. The molecule has 0 fully saturated rings. The van der Waals surface area contributed by atoms with Crippen molar-refractivity contribution in [1.29, 1.82) is 0 Å². The maximum Gasteiger partial charge on any atom is 0.243 e. The second kappa shape index (κ2) is 5.51. The van der Waals surface area contributed by atoms with Crippen molar-refractivity contribution in [2.75, 3.05) is 37.0 Å². The Hall–Kier alpha value is -1.07. The van der Waals surface area contributed by atoms with E-state index in [0.717, 1.165) is 28.8 Å². The fourth-order valence-electron chi connectivity index (χ4n) is 1.92. The molecule has 1 aromatic carbocycles. The molecule has 0 aromatic heterocycles. The molecular weight excluding hydrogens is 284 g/mol. The van der Waals surface area contributed by atoms with E-state index in [4.69, 9.17) is 4.74 Å². The number of halogens is 1. The van der Waals surface area contributed by atoms with E-state index < -0.39 is 0 Å². The number of nitrogens with one attached hydrogen (secondary N) is 1. The normalized spacial score (nSPS) is 14.5. The third-order valence-electron chi connectivity index (χ3n) is 2.69. The van der Waals surface area contributed by atoms with E-state index in [-0.39, 0.29) is 5.91 Å². The number of hydrogen-bond donors (Lipinski definition) is 1. The van der Waals surface area contributed by atoms with Gasteiger partial charge in [0.1, 0.15) is 0 Å². The maximum atomic E-state index is 11.6. The first-order chi connectivity index (χ1) is 8.20. The molecule has 4 nitrogen and oxygen atoms in total. The molecule has 1 amide bonds. The summed E-state index contributed by atoms with van der Waals surface area (Å²) in [7, 11) is 1.69. The lowest BCUT2D eigenvalue weighted by Gasteiger charge is -2.31. The van der Waals surface area contributed by atoms with Gasteiger partial charge in [-0.3, -0.25) is 4.79 Å². The zero-order chi connectivity index (χ0) is 12.3. The second-order valence-electron chi connectivity index (χ2n) is 3.98. The van der Waals surface area contributed by atoms with Crippen LogP contribution in [0.3, 0.4) is 0 Å². The van der Waals surface area contributed by atoms with Crippen LogP contribution in [0.1, 0.15) is 6.42 Å². The average molecular weight is 299 g/mol. The zero-order valence-corrected chi connectivity index (χ0v) is 11.3. The smallest absolute Gasteiger partial charge is 0.243 e. The molecule has 1 aromatic rings. The SMILES string of the molecule is COCCCN1CC(=O)Nc2ccc(Br)cc21. The molecule has 2 rings (SSSR count). The lowest BCUT2D eigenvalue weighted by atomic mass is 10.2. The van der Waals surface area contributed by atoms with Crippen molar-refractivity contribution in [3.05, 3.63) is 22.7 Å². The summed E-state index contributed by atoms with van der Waals surface area (Å²) in [5.74, 6) is 0.0391. The molecule has 0 spiro atoms. The van der Waals surface area contributed by atoms with Crippen LogP contribution < -0.4 is 10.2 Å².